The quantitative estimate of drug-likeness (QED) is 0.0204. The minimum atomic E-state index is -1.78. The monoisotopic (exact) mass is 1380 g/mol. The van der Waals surface area contributed by atoms with Crippen molar-refractivity contribution in [3.05, 3.63) is 36.5 Å². The number of allylic oxidation sites excluding steroid dienone is 6. The highest BCUT2D eigenvalue weighted by atomic mass is 16.7. The van der Waals surface area contributed by atoms with Crippen molar-refractivity contribution in [2.45, 2.75) is 466 Å². The molecule has 0 bridgehead atoms. The SMILES string of the molecule is CCCCCCC/C=C\C/C=C\C/C=C\CCCCCCCCCCCCCCCCCCCCCCCCCCCCC(=O)NC(COC1OC(CO)C(OC2OC(CO)C(O)C(O)C2O)C(O)C1O)C(O)CCCCCCCCCCCCCCCCCCCCCCCC. The lowest BCUT2D eigenvalue weighted by Crippen LogP contribution is -2.65. The second-order valence-corrected chi connectivity index (χ2v) is 29.6. The van der Waals surface area contributed by atoms with Gasteiger partial charge in [-0.25, -0.2) is 0 Å². The molecule has 14 nitrogen and oxygen atoms in total. The van der Waals surface area contributed by atoms with Crippen LogP contribution in [0, 0.1) is 0 Å². The van der Waals surface area contributed by atoms with Gasteiger partial charge in [0.15, 0.2) is 12.6 Å². The Morgan fingerprint density at radius 1 is 0.371 bits per heavy atom. The van der Waals surface area contributed by atoms with Gasteiger partial charge in [-0.05, 0) is 51.4 Å². The third-order valence-electron chi connectivity index (χ3n) is 20.6. The van der Waals surface area contributed by atoms with Crippen LogP contribution in [0.4, 0.5) is 0 Å². The average molecular weight is 1380 g/mol. The fourth-order valence-corrected chi connectivity index (χ4v) is 14.0. The van der Waals surface area contributed by atoms with Crippen LogP contribution in [0.5, 0.6) is 0 Å². The Morgan fingerprint density at radius 3 is 1.04 bits per heavy atom. The van der Waals surface area contributed by atoms with Crippen LogP contribution < -0.4 is 5.32 Å². The maximum Gasteiger partial charge on any atom is 0.220 e. The van der Waals surface area contributed by atoms with E-state index in [1.54, 1.807) is 0 Å². The van der Waals surface area contributed by atoms with Crippen molar-refractivity contribution in [1.29, 1.82) is 0 Å². The Morgan fingerprint density at radius 2 is 0.680 bits per heavy atom. The molecule has 2 aliphatic heterocycles. The van der Waals surface area contributed by atoms with E-state index in [9.17, 15) is 45.6 Å². The Balaban J connectivity index is 1.54. The highest BCUT2D eigenvalue weighted by Crippen LogP contribution is 2.31. The number of rotatable bonds is 71. The zero-order valence-electron chi connectivity index (χ0n) is 62.9. The Hall–Kier alpha value is -1.79. The van der Waals surface area contributed by atoms with Crippen molar-refractivity contribution >= 4 is 5.91 Å². The molecule has 2 rings (SSSR count). The van der Waals surface area contributed by atoms with Crippen molar-refractivity contribution in [3.63, 3.8) is 0 Å². The summed E-state index contributed by atoms with van der Waals surface area (Å²) in [5, 5.41) is 87.9. The predicted octanol–water partition coefficient (Wildman–Crippen LogP) is 19.2. The molecule has 0 aromatic heterocycles. The topological polar surface area (TPSA) is 228 Å². The van der Waals surface area contributed by atoms with Crippen LogP contribution in [-0.4, -0.2) is 140 Å². The minimum absolute atomic E-state index is 0.197. The van der Waals surface area contributed by atoms with Crippen molar-refractivity contribution in [1.82, 2.24) is 5.32 Å². The van der Waals surface area contributed by atoms with E-state index in [2.05, 4.69) is 55.6 Å². The lowest BCUT2D eigenvalue weighted by atomic mass is 9.97. The minimum Gasteiger partial charge on any atom is -0.394 e. The molecule has 2 saturated heterocycles. The second kappa shape index (κ2) is 67.4. The fraction of sp³-hybridized carbons (Fsp3) is 0.916. The van der Waals surface area contributed by atoms with Gasteiger partial charge in [-0.1, -0.05) is 371 Å². The third kappa shape index (κ3) is 50.3. The molecule has 0 radical (unpaired) electrons. The summed E-state index contributed by atoms with van der Waals surface area (Å²) in [7, 11) is 0. The molecular formula is C83H157NO13. The molecule has 0 aromatic carbocycles. The summed E-state index contributed by atoms with van der Waals surface area (Å²) >= 11 is 0. The largest absolute Gasteiger partial charge is 0.394 e. The summed E-state index contributed by atoms with van der Waals surface area (Å²) in [5.74, 6) is -0.197. The normalized spacial score (nSPS) is 22.2. The molecule has 0 saturated carbocycles. The van der Waals surface area contributed by atoms with Crippen LogP contribution in [0.3, 0.4) is 0 Å². The highest BCUT2D eigenvalue weighted by Gasteiger charge is 2.51. The zero-order chi connectivity index (χ0) is 70.1. The number of aliphatic hydroxyl groups excluding tert-OH is 8. The number of aliphatic hydroxyl groups is 8. The van der Waals surface area contributed by atoms with Crippen LogP contribution >= 0.6 is 0 Å². The van der Waals surface area contributed by atoms with Crippen molar-refractivity contribution < 1.29 is 64.6 Å². The first-order chi connectivity index (χ1) is 47.6. The van der Waals surface area contributed by atoms with E-state index in [-0.39, 0.29) is 12.5 Å². The molecule has 14 heteroatoms. The molecule has 12 atom stereocenters. The number of hydrogen-bond donors (Lipinski definition) is 9. The zero-order valence-corrected chi connectivity index (χ0v) is 62.9. The number of unbranched alkanes of at least 4 members (excludes halogenated alkanes) is 52. The van der Waals surface area contributed by atoms with E-state index in [1.807, 2.05) is 0 Å². The Kier molecular flexibility index (Phi) is 63.4. The number of nitrogens with one attached hydrogen (secondary N) is 1. The van der Waals surface area contributed by atoms with Gasteiger partial charge in [-0.2, -0.15) is 0 Å². The number of carbonyl (C=O) groups is 1. The van der Waals surface area contributed by atoms with E-state index in [0.717, 1.165) is 64.2 Å². The molecule has 0 spiro atoms. The Bertz CT molecular complexity index is 1770. The van der Waals surface area contributed by atoms with Gasteiger partial charge in [-0.15, -0.1) is 0 Å². The van der Waals surface area contributed by atoms with Gasteiger partial charge in [0, 0.05) is 6.42 Å². The van der Waals surface area contributed by atoms with Crippen LogP contribution in [0.15, 0.2) is 36.5 Å². The summed E-state index contributed by atoms with van der Waals surface area (Å²) in [5.41, 5.74) is 0. The van der Waals surface area contributed by atoms with Gasteiger partial charge in [0.1, 0.15) is 48.8 Å². The van der Waals surface area contributed by atoms with Crippen LogP contribution in [-0.2, 0) is 23.7 Å². The van der Waals surface area contributed by atoms with Gasteiger partial charge in [0.05, 0.1) is 32.0 Å². The molecule has 2 heterocycles. The highest BCUT2D eigenvalue weighted by molar-refractivity contribution is 5.76. The van der Waals surface area contributed by atoms with Gasteiger partial charge in [-0.3, -0.25) is 4.79 Å². The molecule has 572 valence electrons. The fourth-order valence-electron chi connectivity index (χ4n) is 14.0. The van der Waals surface area contributed by atoms with Gasteiger partial charge < -0.3 is 65.1 Å². The summed E-state index contributed by atoms with van der Waals surface area (Å²) in [6, 6.07) is -0.828. The Labute approximate surface area is 595 Å². The smallest absolute Gasteiger partial charge is 0.220 e. The molecule has 12 unspecified atom stereocenters. The molecule has 0 aromatic rings. The van der Waals surface area contributed by atoms with Crippen LogP contribution in [0.25, 0.3) is 0 Å². The second-order valence-electron chi connectivity index (χ2n) is 29.6. The molecule has 1 amide bonds. The molecule has 2 aliphatic rings. The van der Waals surface area contributed by atoms with Gasteiger partial charge in [0.25, 0.3) is 0 Å². The number of ether oxygens (including phenoxy) is 4. The third-order valence-corrected chi connectivity index (χ3v) is 20.6. The maximum absolute atomic E-state index is 13.4. The molecule has 2 fully saturated rings. The average Bonchev–Trinajstić information content (AvgIpc) is 0.794. The standard InChI is InChI=1S/C83H157NO13/c1-3-5-7-9-11-13-15-17-19-21-23-25-27-28-29-30-31-32-33-34-35-36-37-38-39-40-41-42-43-44-45-47-49-51-53-55-57-59-61-63-65-67-75(88)84-71(70-94-82-80(93)78(91)81(74(69-86)96-82)97-83-79(92)77(90)76(89)73(68-85)95-83)72(87)66-64-62-60-58-56-54-52-50-48-46-26-24-22-20-18-16-14-12-10-8-6-4-2/h15,17,21,23,27-28,71-74,76-83,85-87,89-93H,3-14,16,18-20,22,24-26,29-70H2,1-2H3,(H,84,88)/b17-15-,23-21-,28-27-. The first kappa shape index (κ1) is 91.3. The van der Waals surface area contributed by atoms with Crippen LogP contribution in [0.1, 0.15) is 393 Å². The molecule has 9 N–H and O–H groups in total. The lowest BCUT2D eigenvalue weighted by Gasteiger charge is -2.46. The predicted molar refractivity (Wildman–Crippen MR) is 401 cm³/mol. The van der Waals surface area contributed by atoms with Gasteiger partial charge in [0.2, 0.25) is 5.91 Å². The molecule has 0 aliphatic carbocycles. The van der Waals surface area contributed by atoms with Gasteiger partial charge >= 0.3 is 0 Å². The summed E-state index contributed by atoms with van der Waals surface area (Å²) in [6.45, 7) is 2.92. The first-order valence-corrected chi connectivity index (χ1v) is 41.7. The maximum atomic E-state index is 13.4. The summed E-state index contributed by atoms with van der Waals surface area (Å²) < 4.78 is 23.0. The van der Waals surface area contributed by atoms with E-state index in [1.165, 1.54) is 302 Å². The summed E-state index contributed by atoms with van der Waals surface area (Å²) in [6.07, 6.45) is 72.0. The van der Waals surface area contributed by atoms with E-state index >= 15 is 0 Å². The number of amides is 1. The van der Waals surface area contributed by atoms with E-state index in [0.29, 0.717) is 12.8 Å². The van der Waals surface area contributed by atoms with Crippen molar-refractivity contribution in [3.8, 4) is 0 Å². The molecule has 97 heavy (non-hydrogen) atoms. The van der Waals surface area contributed by atoms with E-state index in [4.69, 9.17) is 18.9 Å². The number of carbonyl (C=O) groups excluding carboxylic acids is 1. The summed E-state index contributed by atoms with van der Waals surface area (Å²) in [4.78, 5) is 13.4. The lowest BCUT2D eigenvalue weighted by molar-refractivity contribution is -0.359. The van der Waals surface area contributed by atoms with Crippen LogP contribution in [0.2, 0.25) is 0 Å². The van der Waals surface area contributed by atoms with E-state index < -0.39 is 86.8 Å². The first-order valence-electron chi connectivity index (χ1n) is 41.7. The van der Waals surface area contributed by atoms with Crippen molar-refractivity contribution in [2.75, 3.05) is 19.8 Å². The number of hydrogen-bond acceptors (Lipinski definition) is 13. The van der Waals surface area contributed by atoms with Crippen molar-refractivity contribution in [2.24, 2.45) is 0 Å². The molecular weight excluding hydrogens is 1220 g/mol.